The third-order valence-electron chi connectivity index (χ3n) is 8.48. The van der Waals surface area contributed by atoms with Gasteiger partial charge in [-0.05, 0) is 13.8 Å². The van der Waals surface area contributed by atoms with E-state index in [-0.39, 0.29) is 0 Å². The molecule has 18 heteroatoms. The Morgan fingerprint density at radius 2 is 0.895 bits per heavy atom. The van der Waals surface area contributed by atoms with Crippen molar-refractivity contribution in [2.75, 3.05) is 19.8 Å². The molecule has 57 heavy (non-hydrogen) atoms. The minimum atomic E-state index is -2.31. The Balaban J connectivity index is 2.99. The lowest BCUT2D eigenvalue weighted by atomic mass is 9.97. The molecule has 0 saturated carbocycles. The molecule has 0 amide bonds. The van der Waals surface area contributed by atoms with Crippen molar-refractivity contribution in [3.05, 3.63) is 0 Å². The molecule has 2 aliphatic heterocycles. The molecule has 18 nitrogen and oxygen atoms in total. The number of hydrogen-bond acceptors (Lipinski definition) is 18. The number of carbonyl (C=O) groups is 7. The summed E-state index contributed by atoms with van der Waals surface area (Å²) in [7, 11) is 0. The van der Waals surface area contributed by atoms with Gasteiger partial charge >= 0.3 is 41.8 Å². The summed E-state index contributed by atoms with van der Waals surface area (Å²) in [5.41, 5.74) is 0. The highest BCUT2D eigenvalue weighted by molar-refractivity contribution is 5.74. The van der Waals surface area contributed by atoms with Crippen LogP contribution in [0.4, 0.5) is 0 Å². The average Bonchev–Trinajstić information content (AvgIpc) is 3.38. The van der Waals surface area contributed by atoms with E-state index in [4.69, 9.17) is 52.1 Å². The van der Waals surface area contributed by atoms with Crippen molar-refractivity contribution in [3.8, 4) is 0 Å². The Kier molecular flexibility index (Phi) is 18.8. The first-order valence-corrected chi connectivity index (χ1v) is 19.3. The minimum absolute atomic E-state index is 0.512. The third kappa shape index (κ3) is 14.2. The number of ether oxygens (including phenoxy) is 11. The van der Waals surface area contributed by atoms with Crippen LogP contribution in [-0.2, 0) is 85.7 Å². The van der Waals surface area contributed by atoms with E-state index in [1.54, 1.807) is 83.1 Å². The van der Waals surface area contributed by atoms with Gasteiger partial charge in [0, 0.05) is 13.8 Å². The second kappa shape index (κ2) is 21.8. The first-order chi connectivity index (χ1) is 26.4. The van der Waals surface area contributed by atoms with Gasteiger partial charge in [0.2, 0.25) is 12.1 Å². The summed E-state index contributed by atoms with van der Waals surface area (Å²) in [4.78, 5) is 90.7. The molecule has 2 saturated heterocycles. The standard InChI is InChI=1S/C39H62O18/c1-18(2)33(42)51-28-26(15-47-24(13)40)50-38(31(54-36(45)21(7)8)30(28)53-35(44)20(5)6)57-39(17-49-23(11)12)32(55-37(46)22(9)10)29(52-34(43)19(3)4)27(56-39)16-48-25(14)41/h18-23,26-32,38H,15-17H2,1-14H3/t26-,27-,28-,29-,30+,31-,32+,38-,39+/m1/s1. The van der Waals surface area contributed by atoms with Crippen molar-refractivity contribution in [3.63, 3.8) is 0 Å². The summed E-state index contributed by atoms with van der Waals surface area (Å²) in [5, 5.41) is 0. The largest absolute Gasteiger partial charge is 0.463 e. The molecule has 2 heterocycles. The van der Waals surface area contributed by atoms with Crippen LogP contribution in [0.15, 0.2) is 0 Å². The lowest BCUT2D eigenvalue weighted by Gasteiger charge is -2.47. The normalized spacial score (nSPS) is 27.4. The summed E-state index contributed by atoms with van der Waals surface area (Å²) < 4.78 is 65.7. The maximum Gasteiger partial charge on any atom is 0.308 e. The molecule has 0 aromatic rings. The van der Waals surface area contributed by atoms with Gasteiger partial charge in [0.25, 0.3) is 0 Å². The van der Waals surface area contributed by atoms with Gasteiger partial charge < -0.3 is 52.1 Å². The Morgan fingerprint density at radius 1 is 0.509 bits per heavy atom. The molecular formula is C39H62O18. The quantitative estimate of drug-likeness (QED) is 0.135. The van der Waals surface area contributed by atoms with E-state index < -0.39 is 152 Å². The molecule has 0 unspecified atom stereocenters. The molecule has 2 aliphatic rings. The molecule has 2 fully saturated rings. The third-order valence-corrected chi connectivity index (χ3v) is 8.48. The second-order valence-electron chi connectivity index (χ2n) is 15.8. The SMILES string of the molecule is CC(=O)OC[C@H]1O[C@@](COC(C)C)(O[C@H]2O[C@H](COC(C)=O)[C@@H](OC(=O)C(C)C)[C@H](OC(=O)C(C)C)[C@H]2OC(=O)C(C)C)[C@@H](OC(=O)C(C)C)[C@@H]1OC(=O)C(C)C. The van der Waals surface area contributed by atoms with Crippen LogP contribution in [0.25, 0.3) is 0 Å². The van der Waals surface area contributed by atoms with Crippen molar-refractivity contribution in [2.24, 2.45) is 29.6 Å². The van der Waals surface area contributed by atoms with Crippen LogP contribution in [0, 0.1) is 29.6 Å². The van der Waals surface area contributed by atoms with Gasteiger partial charge in [-0.3, -0.25) is 33.6 Å². The topological polar surface area (TPSA) is 221 Å². The van der Waals surface area contributed by atoms with Crippen molar-refractivity contribution < 1.29 is 85.7 Å². The van der Waals surface area contributed by atoms with Crippen molar-refractivity contribution >= 4 is 41.8 Å². The first-order valence-electron chi connectivity index (χ1n) is 19.3. The predicted molar refractivity (Wildman–Crippen MR) is 195 cm³/mol. The van der Waals surface area contributed by atoms with E-state index in [9.17, 15) is 33.6 Å². The van der Waals surface area contributed by atoms with Gasteiger partial charge in [-0.2, -0.15) is 0 Å². The Hall–Kier alpha value is -3.87. The monoisotopic (exact) mass is 818 g/mol. The van der Waals surface area contributed by atoms with Gasteiger partial charge in [-0.1, -0.05) is 69.2 Å². The lowest BCUT2D eigenvalue weighted by molar-refractivity contribution is -0.387. The summed E-state index contributed by atoms with van der Waals surface area (Å²) >= 11 is 0. The summed E-state index contributed by atoms with van der Waals surface area (Å²) in [6.45, 7) is 19.6. The fraction of sp³-hybridized carbons (Fsp3) is 0.821. The molecule has 0 aromatic heterocycles. The molecule has 0 bridgehead atoms. The van der Waals surface area contributed by atoms with Gasteiger partial charge in [-0.25, -0.2) is 0 Å². The highest BCUT2D eigenvalue weighted by atomic mass is 16.8. The smallest absolute Gasteiger partial charge is 0.308 e. The van der Waals surface area contributed by atoms with Crippen LogP contribution in [0.3, 0.4) is 0 Å². The van der Waals surface area contributed by atoms with E-state index in [0.29, 0.717) is 0 Å². The van der Waals surface area contributed by atoms with E-state index in [0.717, 1.165) is 13.8 Å². The van der Waals surface area contributed by atoms with Gasteiger partial charge in [0.05, 0.1) is 35.7 Å². The Labute approximate surface area is 334 Å². The number of hydrogen-bond donors (Lipinski definition) is 0. The molecule has 0 aliphatic carbocycles. The van der Waals surface area contributed by atoms with Crippen LogP contribution < -0.4 is 0 Å². The zero-order valence-corrected chi connectivity index (χ0v) is 35.6. The highest BCUT2D eigenvalue weighted by Gasteiger charge is 2.65. The van der Waals surface area contributed by atoms with Crippen LogP contribution in [-0.4, -0.2) is 123 Å². The molecule has 0 aromatic carbocycles. The van der Waals surface area contributed by atoms with Crippen LogP contribution in [0.1, 0.15) is 96.9 Å². The van der Waals surface area contributed by atoms with Gasteiger partial charge in [0.15, 0.2) is 30.5 Å². The van der Waals surface area contributed by atoms with Crippen LogP contribution >= 0.6 is 0 Å². The minimum Gasteiger partial charge on any atom is -0.463 e. The highest BCUT2D eigenvalue weighted by Crippen LogP contribution is 2.42. The Bertz CT molecular complexity index is 1400. The van der Waals surface area contributed by atoms with Gasteiger partial charge in [-0.15, -0.1) is 0 Å². The molecule has 2 rings (SSSR count). The average molecular weight is 819 g/mol. The molecule has 0 spiro atoms. The van der Waals surface area contributed by atoms with Crippen LogP contribution in [0.2, 0.25) is 0 Å². The first kappa shape index (κ1) is 49.3. The summed E-state index contributed by atoms with van der Waals surface area (Å²) in [6.07, 6.45) is -13.2. The van der Waals surface area contributed by atoms with E-state index in [1.165, 1.54) is 0 Å². The van der Waals surface area contributed by atoms with E-state index >= 15 is 0 Å². The second-order valence-corrected chi connectivity index (χ2v) is 15.8. The fourth-order valence-electron chi connectivity index (χ4n) is 5.23. The lowest BCUT2D eigenvalue weighted by Crippen LogP contribution is -2.66. The number of rotatable bonds is 19. The van der Waals surface area contributed by atoms with Crippen molar-refractivity contribution in [1.29, 1.82) is 0 Å². The maximum atomic E-state index is 13.4. The Morgan fingerprint density at radius 3 is 1.32 bits per heavy atom. The molecule has 0 radical (unpaired) electrons. The van der Waals surface area contributed by atoms with Gasteiger partial charge in [0.1, 0.15) is 32.0 Å². The maximum absolute atomic E-state index is 13.4. The molecule has 326 valence electrons. The molecule has 0 N–H and O–H groups in total. The van der Waals surface area contributed by atoms with Crippen molar-refractivity contribution in [2.45, 2.75) is 158 Å². The van der Waals surface area contributed by atoms with Crippen LogP contribution in [0.5, 0.6) is 0 Å². The number of esters is 7. The van der Waals surface area contributed by atoms with Crippen molar-refractivity contribution in [1.82, 2.24) is 0 Å². The van der Waals surface area contributed by atoms with E-state index in [2.05, 4.69) is 0 Å². The predicted octanol–water partition coefficient (Wildman–Crippen LogP) is 3.21. The van der Waals surface area contributed by atoms with E-state index in [1.807, 2.05) is 0 Å². The fourth-order valence-corrected chi connectivity index (χ4v) is 5.23. The zero-order valence-electron chi connectivity index (χ0n) is 35.6. The summed E-state index contributed by atoms with van der Waals surface area (Å²) in [6, 6.07) is 0. The number of carbonyl (C=O) groups excluding carboxylic acids is 7. The molecular weight excluding hydrogens is 756 g/mol. The summed E-state index contributed by atoms with van der Waals surface area (Å²) in [5.74, 6) is -11.2. The zero-order chi connectivity index (χ0) is 43.5. The molecule has 9 atom stereocenters.